The first-order valence-corrected chi connectivity index (χ1v) is 9.87. The third-order valence-corrected chi connectivity index (χ3v) is 5.23. The quantitative estimate of drug-likeness (QED) is 0.421. The molecule has 5 rings (SSSR count). The maximum atomic E-state index is 13.5. The van der Waals surface area contributed by atoms with Gasteiger partial charge in [-0.05, 0) is 66.2 Å². The van der Waals surface area contributed by atoms with E-state index < -0.39 is 0 Å². The number of rotatable bonds is 4. The zero-order valence-corrected chi connectivity index (χ0v) is 17.1. The smallest absolute Gasteiger partial charge is 0.190 e. The summed E-state index contributed by atoms with van der Waals surface area (Å²) in [7, 11) is 0. The second-order valence-electron chi connectivity index (χ2n) is 7.36. The highest BCUT2D eigenvalue weighted by atomic mass is 19.1. The fourth-order valence-electron chi connectivity index (χ4n) is 3.60. The van der Waals surface area contributed by atoms with Crippen LogP contribution in [0.4, 0.5) is 4.39 Å². The Morgan fingerprint density at radius 3 is 2.16 bits per heavy atom. The lowest BCUT2D eigenvalue weighted by molar-refractivity contribution is 0.627. The summed E-state index contributed by atoms with van der Waals surface area (Å²) < 4.78 is 17.0. The van der Waals surface area contributed by atoms with Crippen molar-refractivity contribution in [1.82, 2.24) is 30.0 Å². The first-order chi connectivity index (χ1) is 15.1. The molecule has 0 radical (unpaired) electrons. The van der Waals surface area contributed by atoms with E-state index in [1.165, 1.54) is 12.1 Å². The lowest BCUT2D eigenvalue weighted by Gasteiger charge is -2.12. The number of benzene rings is 3. The molecule has 152 valence electrons. The standard InChI is InChI=1S/C24H19FN6/c1-16-7-11-20(12-8-16)31-24(27-28-29-31)22-15-26-30(19-13-9-18(25)10-14-19)23(22)21-6-4-3-5-17(21)2/h3-15H,1-2H3. The van der Waals surface area contributed by atoms with Crippen LogP contribution in [-0.4, -0.2) is 30.0 Å². The summed E-state index contributed by atoms with van der Waals surface area (Å²) in [6, 6.07) is 22.3. The molecule has 0 saturated heterocycles. The molecule has 0 aliphatic heterocycles. The SMILES string of the molecule is Cc1ccc(-n2nnnc2-c2cnn(-c3ccc(F)cc3)c2-c2ccccc2C)cc1. The molecule has 0 amide bonds. The van der Waals surface area contributed by atoms with Gasteiger partial charge in [0.05, 0.1) is 28.8 Å². The summed E-state index contributed by atoms with van der Waals surface area (Å²) in [5.74, 6) is 0.285. The van der Waals surface area contributed by atoms with Gasteiger partial charge in [-0.2, -0.15) is 9.78 Å². The van der Waals surface area contributed by atoms with Crippen LogP contribution in [0, 0.1) is 19.7 Å². The molecule has 5 aromatic rings. The van der Waals surface area contributed by atoms with Crippen molar-refractivity contribution in [3.05, 3.63) is 95.9 Å². The Kier molecular flexibility index (Phi) is 4.63. The van der Waals surface area contributed by atoms with Gasteiger partial charge in [-0.3, -0.25) is 0 Å². The number of aryl methyl sites for hydroxylation is 2. The van der Waals surface area contributed by atoms with E-state index >= 15 is 0 Å². The highest BCUT2D eigenvalue weighted by Gasteiger charge is 2.22. The van der Waals surface area contributed by atoms with Crippen molar-refractivity contribution in [2.45, 2.75) is 13.8 Å². The van der Waals surface area contributed by atoms with Gasteiger partial charge in [-0.15, -0.1) is 5.10 Å². The highest BCUT2D eigenvalue weighted by molar-refractivity contribution is 5.81. The molecule has 0 spiro atoms. The van der Waals surface area contributed by atoms with Crippen molar-refractivity contribution in [3.8, 4) is 34.0 Å². The molecule has 31 heavy (non-hydrogen) atoms. The van der Waals surface area contributed by atoms with E-state index in [1.54, 1.807) is 27.7 Å². The van der Waals surface area contributed by atoms with Gasteiger partial charge in [0.2, 0.25) is 0 Å². The average Bonchev–Trinajstić information content (AvgIpc) is 3.42. The summed E-state index contributed by atoms with van der Waals surface area (Å²) >= 11 is 0. The topological polar surface area (TPSA) is 61.4 Å². The van der Waals surface area contributed by atoms with Gasteiger partial charge in [0.15, 0.2) is 5.82 Å². The lowest BCUT2D eigenvalue weighted by Crippen LogP contribution is -2.03. The van der Waals surface area contributed by atoms with Crippen molar-refractivity contribution in [2.75, 3.05) is 0 Å². The van der Waals surface area contributed by atoms with Crippen LogP contribution in [0.25, 0.3) is 34.0 Å². The largest absolute Gasteiger partial charge is 0.232 e. The van der Waals surface area contributed by atoms with E-state index in [0.717, 1.165) is 39.3 Å². The molecular weight excluding hydrogens is 391 g/mol. The van der Waals surface area contributed by atoms with Gasteiger partial charge in [-0.1, -0.05) is 42.0 Å². The maximum absolute atomic E-state index is 13.5. The van der Waals surface area contributed by atoms with Crippen molar-refractivity contribution >= 4 is 0 Å². The number of hydrogen-bond acceptors (Lipinski definition) is 4. The molecule has 6 nitrogen and oxygen atoms in total. The number of halogens is 1. The third kappa shape index (κ3) is 3.40. The molecule has 3 aromatic carbocycles. The van der Waals surface area contributed by atoms with Crippen LogP contribution in [-0.2, 0) is 0 Å². The van der Waals surface area contributed by atoms with Gasteiger partial charge < -0.3 is 0 Å². The van der Waals surface area contributed by atoms with Gasteiger partial charge in [0, 0.05) is 5.56 Å². The van der Waals surface area contributed by atoms with E-state index in [0.29, 0.717) is 5.82 Å². The summed E-state index contributed by atoms with van der Waals surface area (Å²) in [5.41, 5.74) is 6.47. The van der Waals surface area contributed by atoms with Crippen LogP contribution in [0.5, 0.6) is 0 Å². The minimum absolute atomic E-state index is 0.295. The van der Waals surface area contributed by atoms with Crippen LogP contribution in [0.2, 0.25) is 0 Å². The lowest BCUT2D eigenvalue weighted by atomic mass is 10.0. The van der Waals surface area contributed by atoms with Gasteiger partial charge in [0.1, 0.15) is 5.82 Å². The molecule has 0 aliphatic rings. The summed E-state index contributed by atoms with van der Waals surface area (Å²) in [5, 5.41) is 17.1. The van der Waals surface area contributed by atoms with Crippen LogP contribution < -0.4 is 0 Å². The first-order valence-electron chi connectivity index (χ1n) is 9.87. The molecule has 0 atom stereocenters. The third-order valence-electron chi connectivity index (χ3n) is 5.23. The molecule has 0 fully saturated rings. The molecule has 0 bridgehead atoms. The van der Waals surface area contributed by atoms with Crippen LogP contribution in [0.3, 0.4) is 0 Å². The van der Waals surface area contributed by atoms with E-state index in [1.807, 2.05) is 62.4 Å². The maximum Gasteiger partial charge on any atom is 0.190 e. The highest BCUT2D eigenvalue weighted by Crippen LogP contribution is 2.35. The number of hydrogen-bond donors (Lipinski definition) is 0. The Morgan fingerprint density at radius 2 is 1.42 bits per heavy atom. The van der Waals surface area contributed by atoms with Crippen molar-refractivity contribution in [3.63, 3.8) is 0 Å². The van der Waals surface area contributed by atoms with E-state index in [4.69, 9.17) is 0 Å². The monoisotopic (exact) mass is 410 g/mol. The average molecular weight is 410 g/mol. The summed E-state index contributed by atoms with van der Waals surface area (Å²) in [6.07, 6.45) is 1.75. The Hall–Kier alpha value is -4.13. The summed E-state index contributed by atoms with van der Waals surface area (Å²) in [4.78, 5) is 0. The molecule has 0 N–H and O–H groups in total. The van der Waals surface area contributed by atoms with E-state index in [9.17, 15) is 4.39 Å². The van der Waals surface area contributed by atoms with Gasteiger partial charge in [-0.25, -0.2) is 9.07 Å². The van der Waals surface area contributed by atoms with Crippen LogP contribution >= 0.6 is 0 Å². The number of tetrazole rings is 1. The van der Waals surface area contributed by atoms with Gasteiger partial charge >= 0.3 is 0 Å². The molecule has 2 aromatic heterocycles. The summed E-state index contributed by atoms with van der Waals surface area (Å²) in [6.45, 7) is 4.08. The Bertz CT molecular complexity index is 1350. The zero-order chi connectivity index (χ0) is 21.4. The van der Waals surface area contributed by atoms with Gasteiger partial charge in [0.25, 0.3) is 0 Å². The van der Waals surface area contributed by atoms with Crippen LogP contribution in [0.1, 0.15) is 11.1 Å². The van der Waals surface area contributed by atoms with E-state index in [2.05, 4.69) is 20.6 Å². The predicted octanol–water partition coefficient (Wildman–Crippen LogP) is 4.94. The fourth-order valence-corrected chi connectivity index (χ4v) is 3.60. The molecule has 7 heteroatoms. The molecule has 2 heterocycles. The van der Waals surface area contributed by atoms with Crippen molar-refractivity contribution in [1.29, 1.82) is 0 Å². The van der Waals surface area contributed by atoms with Crippen LogP contribution in [0.15, 0.2) is 79.0 Å². The number of nitrogens with zero attached hydrogens (tertiary/aromatic N) is 6. The zero-order valence-electron chi connectivity index (χ0n) is 17.1. The normalized spacial score (nSPS) is 11.1. The Balaban J connectivity index is 1.75. The first kappa shape index (κ1) is 18.9. The van der Waals surface area contributed by atoms with E-state index in [-0.39, 0.29) is 5.82 Å². The molecule has 0 aliphatic carbocycles. The second-order valence-corrected chi connectivity index (χ2v) is 7.36. The predicted molar refractivity (Wildman–Crippen MR) is 117 cm³/mol. The fraction of sp³-hybridized carbons (Fsp3) is 0.0833. The Labute approximate surface area is 178 Å². The Morgan fingerprint density at radius 1 is 0.742 bits per heavy atom. The molecule has 0 unspecified atom stereocenters. The second kappa shape index (κ2) is 7.60. The van der Waals surface area contributed by atoms with Crippen molar-refractivity contribution < 1.29 is 4.39 Å². The minimum Gasteiger partial charge on any atom is -0.232 e. The molecule has 0 saturated carbocycles. The minimum atomic E-state index is -0.295. The molecular formula is C24H19FN6. The number of aromatic nitrogens is 6. The van der Waals surface area contributed by atoms with Crippen molar-refractivity contribution in [2.24, 2.45) is 0 Å².